The number of anilines is 1. The van der Waals surface area contributed by atoms with E-state index >= 15 is 0 Å². The third kappa shape index (κ3) is 4.82. The van der Waals surface area contributed by atoms with Gasteiger partial charge in [-0.1, -0.05) is 12.1 Å². The summed E-state index contributed by atoms with van der Waals surface area (Å²) < 4.78 is 40.0. The van der Waals surface area contributed by atoms with Gasteiger partial charge >= 0.3 is 5.97 Å². The van der Waals surface area contributed by atoms with Crippen LogP contribution in [0.4, 0.5) is 5.69 Å². The monoisotopic (exact) mass is 470 g/mol. The molecule has 3 aromatic rings. The first kappa shape index (κ1) is 22.3. The normalized spacial score (nSPS) is 13.8. The first-order valence-corrected chi connectivity index (χ1v) is 11.5. The number of sulfonamides is 1. The van der Waals surface area contributed by atoms with E-state index in [0.717, 1.165) is 24.7 Å². The number of aromatic amines is 1. The molecule has 0 saturated heterocycles. The number of aliphatic carboxylic acids is 1. The van der Waals surface area contributed by atoms with Crippen molar-refractivity contribution in [2.45, 2.75) is 23.7 Å². The molecule has 0 atom stereocenters. The number of carboxylic acid groups (broad SMARTS) is 1. The van der Waals surface area contributed by atoms with Crippen molar-refractivity contribution in [3.8, 4) is 22.9 Å². The average Bonchev–Trinajstić information content (AvgIpc) is 3.53. The minimum atomic E-state index is -4.18. The Balaban J connectivity index is 1.75. The molecule has 1 heterocycles. The highest BCUT2D eigenvalue weighted by molar-refractivity contribution is 7.92. The van der Waals surface area contributed by atoms with E-state index in [-0.39, 0.29) is 22.1 Å². The van der Waals surface area contributed by atoms with E-state index in [4.69, 9.17) is 14.6 Å². The number of nitrogens with zero attached hydrogens (tertiary/aromatic N) is 2. The van der Waals surface area contributed by atoms with Crippen LogP contribution in [0.5, 0.6) is 11.5 Å². The second-order valence-electron chi connectivity index (χ2n) is 7.40. The highest BCUT2D eigenvalue weighted by Crippen LogP contribution is 2.40. The number of methoxy groups -OCH3 is 2. The van der Waals surface area contributed by atoms with Crippen LogP contribution in [-0.2, 0) is 14.8 Å². The number of hydrogen-bond donors (Lipinski definition) is 3. The van der Waals surface area contributed by atoms with Crippen molar-refractivity contribution in [1.82, 2.24) is 15.2 Å². The molecule has 0 aliphatic heterocycles. The molecule has 4 rings (SSSR count). The van der Waals surface area contributed by atoms with Crippen molar-refractivity contribution in [2.75, 3.05) is 18.9 Å². The van der Waals surface area contributed by atoms with E-state index in [1.54, 1.807) is 24.3 Å². The molecule has 33 heavy (non-hydrogen) atoms. The Kier molecular flexibility index (Phi) is 6.05. The maximum absolute atomic E-state index is 13.4. The van der Waals surface area contributed by atoms with Gasteiger partial charge in [0.05, 0.1) is 19.9 Å². The van der Waals surface area contributed by atoms with Gasteiger partial charge in [-0.15, -0.1) is 0 Å². The van der Waals surface area contributed by atoms with Gasteiger partial charge in [-0.05, 0) is 48.7 Å². The first-order valence-electron chi connectivity index (χ1n) is 10.0. The number of carbonyl (C=O) groups is 1. The maximum Gasteiger partial charge on any atom is 0.328 e. The Hall–Kier alpha value is -3.86. The zero-order valence-electron chi connectivity index (χ0n) is 17.9. The van der Waals surface area contributed by atoms with E-state index < -0.39 is 16.0 Å². The number of aromatic nitrogens is 3. The van der Waals surface area contributed by atoms with Gasteiger partial charge in [-0.2, -0.15) is 5.10 Å². The fourth-order valence-corrected chi connectivity index (χ4v) is 4.61. The largest absolute Gasteiger partial charge is 0.493 e. The van der Waals surface area contributed by atoms with Gasteiger partial charge in [0.2, 0.25) is 0 Å². The Morgan fingerprint density at radius 2 is 1.97 bits per heavy atom. The Labute approximate surface area is 190 Å². The lowest BCUT2D eigenvalue weighted by Crippen LogP contribution is -2.15. The molecular formula is C22H22N4O6S. The van der Waals surface area contributed by atoms with Crippen LogP contribution >= 0.6 is 0 Å². The number of ether oxygens (including phenoxy) is 2. The zero-order chi connectivity index (χ0) is 23.6. The van der Waals surface area contributed by atoms with Crippen LogP contribution in [0.15, 0.2) is 47.4 Å². The predicted molar refractivity (Wildman–Crippen MR) is 121 cm³/mol. The molecule has 0 amide bonds. The molecule has 1 aliphatic rings. The highest BCUT2D eigenvalue weighted by Gasteiger charge is 2.28. The fourth-order valence-electron chi connectivity index (χ4n) is 3.31. The first-order chi connectivity index (χ1) is 15.8. The third-order valence-corrected chi connectivity index (χ3v) is 6.42. The molecule has 3 N–H and O–H groups in total. The van der Waals surface area contributed by atoms with Crippen LogP contribution in [0.3, 0.4) is 0 Å². The molecule has 2 aromatic carbocycles. The quantitative estimate of drug-likeness (QED) is 0.404. The van der Waals surface area contributed by atoms with Crippen LogP contribution < -0.4 is 14.2 Å². The van der Waals surface area contributed by atoms with E-state index in [0.29, 0.717) is 22.9 Å². The van der Waals surface area contributed by atoms with Gasteiger partial charge in [-0.25, -0.2) is 18.2 Å². The lowest BCUT2D eigenvalue weighted by molar-refractivity contribution is -0.131. The Morgan fingerprint density at radius 1 is 1.21 bits per heavy atom. The Morgan fingerprint density at radius 3 is 2.64 bits per heavy atom. The van der Waals surface area contributed by atoms with Gasteiger partial charge in [0.15, 0.2) is 17.3 Å². The van der Waals surface area contributed by atoms with Crippen molar-refractivity contribution >= 4 is 27.8 Å². The summed E-state index contributed by atoms with van der Waals surface area (Å²) in [6, 6.07) is 9.59. The van der Waals surface area contributed by atoms with Gasteiger partial charge < -0.3 is 14.6 Å². The van der Waals surface area contributed by atoms with E-state index in [1.807, 2.05) is 0 Å². The number of rotatable bonds is 9. The summed E-state index contributed by atoms with van der Waals surface area (Å²) in [6.07, 6.45) is 4.28. The number of para-hydroxylation sites is 1. The molecule has 172 valence electrons. The topological polar surface area (TPSA) is 143 Å². The number of H-pyrrole nitrogens is 1. The summed E-state index contributed by atoms with van der Waals surface area (Å²) in [5.41, 5.74) is 1.11. The van der Waals surface area contributed by atoms with Crippen LogP contribution in [0.1, 0.15) is 30.1 Å². The van der Waals surface area contributed by atoms with Crippen molar-refractivity contribution in [1.29, 1.82) is 0 Å². The molecule has 1 saturated carbocycles. The van der Waals surface area contributed by atoms with Gasteiger partial charge in [-0.3, -0.25) is 9.82 Å². The number of hydrogen-bond acceptors (Lipinski definition) is 7. The van der Waals surface area contributed by atoms with Crippen LogP contribution in [0.25, 0.3) is 17.5 Å². The second-order valence-corrected chi connectivity index (χ2v) is 9.05. The van der Waals surface area contributed by atoms with Crippen molar-refractivity contribution < 1.29 is 27.8 Å². The molecule has 1 aromatic heterocycles. The van der Waals surface area contributed by atoms with Crippen molar-refractivity contribution in [3.05, 3.63) is 53.9 Å². The Bertz CT molecular complexity index is 1330. The van der Waals surface area contributed by atoms with Crippen LogP contribution in [0.2, 0.25) is 0 Å². The zero-order valence-corrected chi connectivity index (χ0v) is 18.7. The number of carboxylic acids is 1. The van der Waals surface area contributed by atoms with Crippen molar-refractivity contribution in [2.24, 2.45) is 0 Å². The molecule has 11 heteroatoms. The molecule has 10 nitrogen and oxygen atoms in total. The van der Waals surface area contributed by atoms with Gasteiger partial charge in [0.1, 0.15) is 10.7 Å². The maximum atomic E-state index is 13.4. The number of benzene rings is 2. The minimum absolute atomic E-state index is 0.0103. The van der Waals surface area contributed by atoms with Gasteiger partial charge in [0, 0.05) is 17.6 Å². The van der Waals surface area contributed by atoms with E-state index in [2.05, 4.69) is 19.9 Å². The predicted octanol–water partition coefficient (Wildman–Crippen LogP) is 3.26. The molecule has 0 spiro atoms. The standard InChI is InChI=1S/C22H22N4O6S/c1-31-17-11-13(7-10-19(27)28)12-18(20(17)32-2)33(29,30)26-16-6-4-3-5-15(16)22-23-21(24-25-22)14-8-9-14/h3-7,10-12,14,26H,8-9H2,1-2H3,(H,27,28)(H,23,24,25). The third-order valence-electron chi connectivity index (χ3n) is 5.05. The fraction of sp³-hybridized carbons (Fsp3) is 0.227. The molecule has 1 fully saturated rings. The SMILES string of the molecule is COc1cc(C=CC(=O)O)cc(S(=O)(=O)Nc2ccccc2-c2n[nH]c(C3CC3)n2)c1OC. The van der Waals surface area contributed by atoms with Gasteiger partial charge in [0.25, 0.3) is 10.0 Å². The molecule has 0 unspecified atom stereocenters. The molecule has 0 bridgehead atoms. The lowest BCUT2D eigenvalue weighted by atomic mass is 10.2. The summed E-state index contributed by atoms with van der Waals surface area (Å²) >= 11 is 0. The van der Waals surface area contributed by atoms with Crippen LogP contribution in [-0.4, -0.2) is 48.9 Å². The summed E-state index contributed by atoms with van der Waals surface area (Å²) in [5.74, 6) is 0.502. The smallest absolute Gasteiger partial charge is 0.328 e. The average molecular weight is 471 g/mol. The molecular weight excluding hydrogens is 448 g/mol. The highest BCUT2D eigenvalue weighted by atomic mass is 32.2. The molecule has 0 radical (unpaired) electrons. The lowest BCUT2D eigenvalue weighted by Gasteiger charge is -2.16. The summed E-state index contributed by atoms with van der Waals surface area (Å²) in [5, 5.41) is 16.1. The summed E-state index contributed by atoms with van der Waals surface area (Å²) in [6.45, 7) is 0. The number of nitrogens with one attached hydrogen (secondary N) is 2. The summed E-state index contributed by atoms with van der Waals surface area (Å²) in [4.78, 5) is 15.2. The van der Waals surface area contributed by atoms with Crippen LogP contribution in [0, 0.1) is 0 Å². The van der Waals surface area contributed by atoms with Crippen molar-refractivity contribution in [3.63, 3.8) is 0 Å². The molecule has 1 aliphatic carbocycles. The minimum Gasteiger partial charge on any atom is -0.493 e. The summed E-state index contributed by atoms with van der Waals surface area (Å²) in [7, 11) is -1.49. The second kappa shape index (κ2) is 8.94. The van der Waals surface area contributed by atoms with E-state index in [9.17, 15) is 13.2 Å². The van der Waals surface area contributed by atoms with E-state index in [1.165, 1.54) is 32.4 Å².